The zero-order valence-electron chi connectivity index (χ0n) is 5.12. The molecule has 4 nitrogen and oxygen atoms in total. The summed E-state index contributed by atoms with van der Waals surface area (Å²) in [6.45, 7) is 0. The normalized spacial score (nSPS) is 11.8. The van der Waals surface area contributed by atoms with E-state index < -0.39 is 14.8 Å². The minimum absolute atomic E-state index is 0.0571. The van der Waals surface area contributed by atoms with Gasteiger partial charge in [0.05, 0.1) is 6.20 Å². The van der Waals surface area contributed by atoms with Gasteiger partial charge in [-0.3, -0.25) is 0 Å². The third-order valence-electron chi connectivity index (χ3n) is 0.899. The molecule has 0 saturated carbocycles. The average Bonchev–Trinajstić information content (AvgIpc) is 2.12. The molecule has 0 aliphatic heterocycles. The van der Waals surface area contributed by atoms with E-state index in [9.17, 15) is 8.42 Å². The van der Waals surface area contributed by atoms with Crippen LogP contribution in [0, 0.1) is 0 Å². The van der Waals surface area contributed by atoms with Crippen molar-refractivity contribution in [2.75, 3.05) is 0 Å². The van der Waals surface area contributed by atoms with Gasteiger partial charge in [-0.2, -0.15) is 0 Å². The van der Waals surface area contributed by atoms with Crippen LogP contribution >= 0.6 is 22.3 Å². The van der Waals surface area contributed by atoms with Crippen molar-refractivity contribution in [3.8, 4) is 0 Å². The van der Waals surface area contributed by atoms with Crippen molar-refractivity contribution < 1.29 is 12.9 Å². The predicted octanol–water partition coefficient (Wildman–Crippen LogP) is 1.40. The molecule has 1 aromatic heterocycles. The van der Waals surface area contributed by atoms with Crippen LogP contribution in [-0.4, -0.2) is 13.6 Å². The Morgan fingerprint density at radius 3 is 2.64 bits per heavy atom. The fourth-order valence-electron chi connectivity index (χ4n) is 0.504. The van der Waals surface area contributed by atoms with Gasteiger partial charge in [-0.1, -0.05) is 16.8 Å². The molecule has 0 N–H and O–H groups in total. The van der Waals surface area contributed by atoms with Crippen LogP contribution in [0.5, 0.6) is 0 Å². The van der Waals surface area contributed by atoms with Crippen molar-refractivity contribution in [3.63, 3.8) is 0 Å². The zero-order chi connectivity index (χ0) is 8.48. The minimum atomic E-state index is -3.62. The van der Waals surface area contributed by atoms with Crippen molar-refractivity contribution in [2.45, 2.75) is 5.75 Å². The summed E-state index contributed by atoms with van der Waals surface area (Å²) in [4.78, 5) is 0. The van der Waals surface area contributed by atoms with Gasteiger partial charge in [-0.05, 0) is 0 Å². The highest BCUT2D eigenvalue weighted by Gasteiger charge is 2.14. The quantitative estimate of drug-likeness (QED) is 0.701. The Hall–Kier alpha value is -0.260. The standard InChI is InChI=1S/C4H3Cl2NO3S/c5-3-1-7-10-4(3)2-11(6,8)9/h1H,2H2. The van der Waals surface area contributed by atoms with Gasteiger partial charge in [0.15, 0.2) is 5.76 Å². The average molecular weight is 216 g/mol. The van der Waals surface area contributed by atoms with E-state index in [1.807, 2.05) is 0 Å². The lowest BCUT2D eigenvalue weighted by Crippen LogP contribution is -1.93. The van der Waals surface area contributed by atoms with E-state index >= 15 is 0 Å². The predicted molar refractivity (Wildman–Crippen MR) is 40.0 cm³/mol. The van der Waals surface area contributed by atoms with Gasteiger partial charge in [0.2, 0.25) is 9.05 Å². The number of aromatic nitrogens is 1. The minimum Gasteiger partial charge on any atom is -0.359 e. The molecule has 0 aromatic carbocycles. The largest absolute Gasteiger partial charge is 0.359 e. The maximum atomic E-state index is 10.5. The fraction of sp³-hybridized carbons (Fsp3) is 0.250. The van der Waals surface area contributed by atoms with E-state index in [1.165, 1.54) is 6.20 Å². The first kappa shape index (κ1) is 8.83. The maximum absolute atomic E-state index is 10.5. The van der Waals surface area contributed by atoms with Crippen molar-refractivity contribution in [3.05, 3.63) is 17.0 Å². The Labute approximate surface area is 72.5 Å². The summed E-state index contributed by atoms with van der Waals surface area (Å²) >= 11 is 5.47. The van der Waals surface area contributed by atoms with Gasteiger partial charge in [-0.15, -0.1) is 0 Å². The highest BCUT2D eigenvalue weighted by Crippen LogP contribution is 2.18. The van der Waals surface area contributed by atoms with E-state index in [4.69, 9.17) is 22.3 Å². The first-order valence-electron chi connectivity index (χ1n) is 2.50. The van der Waals surface area contributed by atoms with Crippen LogP contribution in [0.3, 0.4) is 0 Å². The smallest absolute Gasteiger partial charge is 0.240 e. The lowest BCUT2D eigenvalue weighted by Gasteiger charge is -1.89. The summed E-state index contributed by atoms with van der Waals surface area (Å²) in [5.41, 5.74) is 0. The van der Waals surface area contributed by atoms with Gasteiger partial charge in [0.1, 0.15) is 10.8 Å². The third-order valence-corrected chi connectivity index (χ3v) is 2.14. The second kappa shape index (κ2) is 3.00. The zero-order valence-corrected chi connectivity index (χ0v) is 7.45. The number of nitrogens with zero attached hydrogens (tertiary/aromatic N) is 1. The summed E-state index contributed by atoms with van der Waals surface area (Å²) in [6, 6.07) is 0. The molecule has 0 radical (unpaired) electrons. The lowest BCUT2D eigenvalue weighted by atomic mass is 10.5. The molecule has 11 heavy (non-hydrogen) atoms. The number of hydrogen-bond donors (Lipinski definition) is 0. The van der Waals surface area contributed by atoms with Crippen LogP contribution in [0.4, 0.5) is 0 Å². The first-order valence-corrected chi connectivity index (χ1v) is 5.36. The van der Waals surface area contributed by atoms with Crippen LogP contribution in [0.1, 0.15) is 5.76 Å². The molecule has 0 unspecified atom stereocenters. The monoisotopic (exact) mass is 215 g/mol. The molecular weight excluding hydrogens is 213 g/mol. The van der Waals surface area contributed by atoms with Gasteiger partial charge in [0.25, 0.3) is 0 Å². The molecule has 1 aromatic rings. The van der Waals surface area contributed by atoms with E-state index in [-0.39, 0.29) is 10.8 Å². The van der Waals surface area contributed by atoms with E-state index in [1.54, 1.807) is 0 Å². The Morgan fingerprint density at radius 2 is 2.27 bits per heavy atom. The van der Waals surface area contributed by atoms with E-state index in [0.717, 1.165) is 0 Å². The fourth-order valence-corrected chi connectivity index (χ4v) is 1.54. The number of halogens is 2. The van der Waals surface area contributed by atoms with E-state index in [2.05, 4.69) is 9.68 Å². The Bertz CT molecular complexity index is 344. The SMILES string of the molecule is O=S(=O)(Cl)Cc1oncc1Cl. The molecule has 0 atom stereocenters. The van der Waals surface area contributed by atoms with Crippen LogP contribution in [-0.2, 0) is 14.8 Å². The van der Waals surface area contributed by atoms with Crippen molar-refractivity contribution in [2.24, 2.45) is 0 Å². The molecule has 62 valence electrons. The molecule has 0 amide bonds. The topological polar surface area (TPSA) is 60.2 Å². The molecule has 0 fully saturated rings. The van der Waals surface area contributed by atoms with Crippen molar-refractivity contribution in [1.29, 1.82) is 0 Å². The first-order chi connectivity index (χ1) is 4.99. The summed E-state index contributed by atoms with van der Waals surface area (Å²) in [6.07, 6.45) is 1.21. The molecule has 1 rings (SSSR count). The van der Waals surface area contributed by atoms with E-state index in [0.29, 0.717) is 0 Å². The number of hydrogen-bond acceptors (Lipinski definition) is 4. The number of rotatable bonds is 2. The Balaban J connectivity index is 2.89. The summed E-state index contributed by atoms with van der Waals surface area (Å²) in [7, 11) is 1.31. The van der Waals surface area contributed by atoms with Gasteiger partial charge >= 0.3 is 0 Å². The highest BCUT2D eigenvalue weighted by molar-refractivity contribution is 8.13. The van der Waals surface area contributed by atoms with Crippen LogP contribution in [0.15, 0.2) is 10.7 Å². The van der Waals surface area contributed by atoms with Crippen LogP contribution in [0.2, 0.25) is 5.02 Å². The maximum Gasteiger partial charge on any atom is 0.240 e. The van der Waals surface area contributed by atoms with Crippen molar-refractivity contribution >= 4 is 31.3 Å². The lowest BCUT2D eigenvalue weighted by molar-refractivity contribution is 0.393. The second-order valence-corrected chi connectivity index (χ2v) is 4.96. The Kier molecular flexibility index (Phi) is 2.41. The van der Waals surface area contributed by atoms with Gasteiger partial charge < -0.3 is 4.52 Å². The third kappa shape index (κ3) is 2.69. The molecule has 7 heteroatoms. The van der Waals surface area contributed by atoms with Crippen LogP contribution in [0.25, 0.3) is 0 Å². The molecule has 0 aliphatic rings. The van der Waals surface area contributed by atoms with Crippen LogP contribution < -0.4 is 0 Å². The Morgan fingerprint density at radius 1 is 1.64 bits per heavy atom. The van der Waals surface area contributed by atoms with Gasteiger partial charge in [0, 0.05) is 10.7 Å². The summed E-state index contributed by atoms with van der Waals surface area (Å²) in [5.74, 6) is -0.380. The molecule has 0 bridgehead atoms. The summed E-state index contributed by atoms with van der Waals surface area (Å²) in [5, 5.41) is 3.44. The highest BCUT2D eigenvalue weighted by atomic mass is 35.7. The molecule has 0 aliphatic carbocycles. The molecule has 1 heterocycles. The summed E-state index contributed by atoms with van der Waals surface area (Å²) < 4.78 is 25.4. The molecule has 0 spiro atoms. The van der Waals surface area contributed by atoms with Gasteiger partial charge in [-0.25, -0.2) is 8.42 Å². The molecular formula is C4H3Cl2NO3S. The second-order valence-electron chi connectivity index (χ2n) is 1.78. The molecule has 0 saturated heterocycles. The van der Waals surface area contributed by atoms with Crippen molar-refractivity contribution in [1.82, 2.24) is 5.16 Å².